The molecule has 6 rings (SSSR count). The molecule has 0 aliphatic heterocycles. The normalized spacial score (nSPS) is 13.0. The van der Waals surface area contributed by atoms with E-state index < -0.39 is 16.1 Å². The summed E-state index contributed by atoms with van der Waals surface area (Å²) in [5.41, 5.74) is 2.62. The number of hydrogen-bond donors (Lipinski definition) is 0. The van der Waals surface area contributed by atoms with Gasteiger partial charge in [-0.1, -0.05) is 182 Å². The van der Waals surface area contributed by atoms with Gasteiger partial charge in [-0.05, 0) is 46.4 Å². The van der Waals surface area contributed by atoms with Gasteiger partial charge >= 0.3 is 0 Å². The van der Waals surface area contributed by atoms with E-state index >= 15 is 0 Å². The second-order valence-corrected chi connectivity index (χ2v) is 15.4. The molecule has 0 unspecified atom stereocenters. The molecule has 0 heterocycles. The fourth-order valence-electron chi connectivity index (χ4n) is 6.06. The Balaban J connectivity index is 1.56. The van der Waals surface area contributed by atoms with Crippen molar-refractivity contribution in [2.75, 3.05) is 14.1 Å². The maximum absolute atomic E-state index is 2.66. The maximum atomic E-state index is 2.66. The molecule has 0 amide bonds. The molecule has 0 aliphatic rings. The van der Waals surface area contributed by atoms with Crippen molar-refractivity contribution >= 4 is 37.4 Å². The largest absolute Gasteiger partial charge is 0.269 e. The van der Waals surface area contributed by atoms with Crippen molar-refractivity contribution in [3.05, 3.63) is 193 Å². The zero-order chi connectivity index (χ0) is 30.1. The van der Waals surface area contributed by atoms with Crippen molar-refractivity contribution in [1.82, 2.24) is 9.34 Å². The van der Waals surface area contributed by atoms with Gasteiger partial charge in [-0.25, -0.2) is 0 Å². The lowest BCUT2D eigenvalue weighted by molar-refractivity contribution is 0.250. The van der Waals surface area contributed by atoms with E-state index in [0.717, 1.165) is 0 Å². The van der Waals surface area contributed by atoms with Crippen LogP contribution < -0.4 is 21.2 Å². The van der Waals surface area contributed by atoms with E-state index in [1.807, 2.05) is 0 Å². The lowest BCUT2D eigenvalue weighted by Gasteiger charge is -2.46. The summed E-state index contributed by atoms with van der Waals surface area (Å²) in [7, 11) is 2.99. The molecule has 0 aromatic heterocycles. The fraction of sp³-hybridized carbons (Fsp3) is 0.100. The van der Waals surface area contributed by atoms with Crippen molar-refractivity contribution in [1.29, 1.82) is 0 Å². The quantitative estimate of drug-likeness (QED) is 0.136. The monoisotopic (exact) mass is 608 g/mol. The molecule has 4 heteroatoms. The van der Waals surface area contributed by atoms with Crippen LogP contribution in [-0.2, 0) is 0 Å². The van der Waals surface area contributed by atoms with Gasteiger partial charge < -0.3 is 0 Å². The first-order chi connectivity index (χ1) is 21.7. The average molecular weight is 609 g/mol. The Morgan fingerprint density at radius 2 is 0.523 bits per heavy atom. The highest BCUT2D eigenvalue weighted by Gasteiger charge is 2.38. The van der Waals surface area contributed by atoms with Gasteiger partial charge in [0, 0.05) is 16.1 Å². The van der Waals surface area contributed by atoms with E-state index in [-0.39, 0.29) is 12.1 Å². The molecule has 6 aromatic carbocycles. The zero-order valence-electron chi connectivity index (χ0n) is 25.3. The SMILES string of the molecule is CN([C@@H](c1ccccc1)[C@H](c1ccccc1)N(C)P(c1ccccc1)c1ccccc1)P(c1ccccc1)c1ccccc1. The van der Waals surface area contributed by atoms with Gasteiger partial charge in [0.25, 0.3) is 0 Å². The summed E-state index contributed by atoms with van der Waals surface area (Å²) in [6, 6.07) is 66.5. The van der Waals surface area contributed by atoms with Gasteiger partial charge in [0.15, 0.2) is 0 Å². The van der Waals surface area contributed by atoms with Gasteiger partial charge in [0.05, 0.1) is 12.1 Å². The molecule has 0 saturated heterocycles. The molecular weight excluding hydrogens is 570 g/mol. The van der Waals surface area contributed by atoms with Crippen molar-refractivity contribution in [3.63, 3.8) is 0 Å². The van der Waals surface area contributed by atoms with E-state index in [2.05, 4.69) is 205 Å². The van der Waals surface area contributed by atoms with Crippen LogP contribution >= 0.6 is 16.1 Å². The molecule has 44 heavy (non-hydrogen) atoms. The minimum absolute atomic E-state index is 0.0625. The van der Waals surface area contributed by atoms with Crippen LogP contribution in [0, 0.1) is 0 Å². The molecule has 0 fully saturated rings. The van der Waals surface area contributed by atoms with Crippen LogP contribution in [0.3, 0.4) is 0 Å². The third kappa shape index (κ3) is 6.76. The first kappa shape index (κ1) is 30.1. The molecule has 0 bridgehead atoms. The minimum Gasteiger partial charge on any atom is -0.269 e. The van der Waals surface area contributed by atoms with Crippen LogP contribution in [-0.4, -0.2) is 23.4 Å². The standard InChI is InChI=1S/C40H38N2P2/c1-41(43(35-25-13-5-14-26-35)36-27-15-6-16-28-36)39(33-21-9-3-10-22-33)40(34-23-11-4-12-24-34)42(2)44(37-29-17-7-18-30-37)38-31-19-8-20-32-38/h3-32,39-40H,1-2H3/t39-,40-/m0/s1. The Hall–Kier alpha value is -3.90. The van der Waals surface area contributed by atoms with Crippen molar-refractivity contribution < 1.29 is 0 Å². The lowest BCUT2D eigenvalue weighted by Crippen LogP contribution is -2.39. The molecule has 218 valence electrons. The number of rotatable bonds is 11. The van der Waals surface area contributed by atoms with Crippen LogP contribution in [0.5, 0.6) is 0 Å². The number of likely N-dealkylation sites (N-methyl/N-ethyl adjacent to an activating group) is 2. The second kappa shape index (κ2) is 14.7. The second-order valence-electron chi connectivity index (χ2n) is 10.8. The van der Waals surface area contributed by atoms with Crippen LogP contribution in [0.2, 0.25) is 0 Å². The van der Waals surface area contributed by atoms with Crippen molar-refractivity contribution in [3.8, 4) is 0 Å². The summed E-state index contributed by atoms with van der Waals surface area (Å²) in [6.07, 6.45) is 0. The molecule has 0 aliphatic carbocycles. The average Bonchev–Trinajstić information content (AvgIpc) is 3.10. The molecule has 2 atom stereocenters. The molecule has 6 aromatic rings. The Labute approximate surface area is 265 Å². The summed E-state index contributed by atoms with van der Waals surface area (Å²) in [5.74, 6) is 0. The van der Waals surface area contributed by atoms with Crippen LogP contribution in [0.15, 0.2) is 182 Å². The van der Waals surface area contributed by atoms with Gasteiger partial charge in [0.1, 0.15) is 0 Å². The number of benzene rings is 6. The summed E-state index contributed by atoms with van der Waals surface area (Å²) >= 11 is 0. The smallest absolute Gasteiger partial charge is 0.0587 e. The third-order valence-corrected chi connectivity index (χ3v) is 12.9. The maximum Gasteiger partial charge on any atom is 0.0587 e. The van der Waals surface area contributed by atoms with E-state index in [4.69, 9.17) is 0 Å². The third-order valence-electron chi connectivity index (χ3n) is 8.02. The molecule has 0 N–H and O–H groups in total. The Morgan fingerprint density at radius 1 is 0.318 bits per heavy atom. The predicted octanol–water partition coefficient (Wildman–Crippen LogP) is 8.43. The van der Waals surface area contributed by atoms with E-state index in [0.29, 0.717) is 0 Å². The predicted molar refractivity (Wildman–Crippen MR) is 192 cm³/mol. The fourth-order valence-corrected chi connectivity index (χ4v) is 10.9. The summed E-state index contributed by atoms with van der Waals surface area (Å²) in [4.78, 5) is 0. The summed E-state index contributed by atoms with van der Waals surface area (Å²) < 4.78 is 5.32. The molecule has 0 spiro atoms. The minimum atomic E-state index is -0.837. The van der Waals surface area contributed by atoms with Gasteiger partial charge in [-0.15, -0.1) is 0 Å². The molecule has 0 radical (unpaired) electrons. The van der Waals surface area contributed by atoms with Crippen molar-refractivity contribution in [2.45, 2.75) is 12.1 Å². The molecular formula is C40H38N2P2. The molecule has 2 nitrogen and oxygen atoms in total. The van der Waals surface area contributed by atoms with Crippen LogP contribution in [0.25, 0.3) is 0 Å². The Morgan fingerprint density at radius 3 is 0.750 bits per heavy atom. The number of hydrogen-bond acceptors (Lipinski definition) is 2. The first-order valence-corrected chi connectivity index (χ1v) is 17.7. The Bertz CT molecular complexity index is 1480. The molecule has 0 saturated carbocycles. The Kier molecular flexibility index (Phi) is 10.1. The summed E-state index contributed by atoms with van der Waals surface area (Å²) in [6.45, 7) is 0. The number of nitrogens with zero attached hydrogens (tertiary/aromatic N) is 2. The van der Waals surface area contributed by atoms with Gasteiger partial charge in [-0.2, -0.15) is 0 Å². The zero-order valence-corrected chi connectivity index (χ0v) is 27.1. The summed E-state index contributed by atoms with van der Waals surface area (Å²) in [5, 5.41) is 5.39. The van der Waals surface area contributed by atoms with Gasteiger partial charge in [-0.3, -0.25) is 9.34 Å². The highest BCUT2D eigenvalue weighted by Crippen LogP contribution is 2.53. The van der Waals surface area contributed by atoms with E-state index in [9.17, 15) is 0 Å². The first-order valence-electron chi connectivity index (χ1n) is 15.1. The topological polar surface area (TPSA) is 6.48 Å². The van der Waals surface area contributed by atoms with Crippen molar-refractivity contribution in [2.24, 2.45) is 0 Å². The van der Waals surface area contributed by atoms with Crippen LogP contribution in [0.4, 0.5) is 0 Å². The van der Waals surface area contributed by atoms with Crippen LogP contribution in [0.1, 0.15) is 23.2 Å². The van der Waals surface area contributed by atoms with Gasteiger partial charge in [0.2, 0.25) is 0 Å². The van der Waals surface area contributed by atoms with E-state index in [1.165, 1.54) is 32.3 Å². The lowest BCUT2D eigenvalue weighted by atomic mass is 9.93. The highest BCUT2D eigenvalue weighted by molar-refractivity contribution is 7.71. The van der Waals surface area contributed by atoms with E-state index in [1.54, 1.807) is 0 Å². The highest BCUT2D eigenvalue weighted by atomic mass is 31.1.